The van der Waals surface area contributed by atoms with E-state index in [4.69, 9.17) is 5.11 Å². The van der Waals surface area contributed by atoms with Crippen molar-refractivity contribution >= 4 is 17.7 Å². The maximum Gasteiger partial charge on any atom is 0.324 e. The second-order valence-electron chi connectivity index (χ2n) is 4.80. The molecule has 1 atom stereocenters. The summed E-state index contributed by atoms with van der Waals surface area (Å²) >= 11 is 0. The summed E-state index contributed by atoms with van der Waals surface area (Å²) in [5.41, 5.74) is 0.810. The van der Waals surface area contributed by atoms with Gasteiger partial charge in [-0.2, -0.15) is 0 Å². The quantitative estimate of drug-likeness (QED) is 0.887. The minimum atomic E-state index is -0.820. The van der Waals surface area contributed by atoms with Gasteiger partial charge in [-0.1, -0.05) is 18.2 Å². The van der Waals surface area contributed by atoms with Gasteiger partial charge in [0.15, 0.2) is 0 Å². The summed E-state index contributed by atoms with van der Waals surface area (Å²) in [6.07, 6.45) is 1.39. The number of amides is 2. The number of benzene rings is 1. The Bertz CT molecular complexity index is 461. The predicted molar refractivity (Wildman–Crippen MR) is 72.2 cm³/mol. The van der Waals surface area contributed by atoms with Gasteiger partial charge in [-0.15, -0.1) is 0 Å². The van der Waals surface area contributed by atoms with E-state index in [1.54, 1.807) is 16.8 Å². The summed E-state index contributed by atoms with van der Waals surface area (Å²) in [6, 6.07) is 9.21. The first kappa shape index (κ1) is 13.4. The van der Waals surface area contributed by atoms with Crippen LogP contribution in [-0.4, -0.2) is 42.1 Å². The van der Waals surface area contributed by atoms with E-state index in [9.17, 15) is 9.59 Å². The Hall–Kier alpha value is -2.04. The maximum atomic E-state index is 12.3. The summed E-state index contributed by atoms with van der Waals surface area (Å²) < 4.78 is 0. The van der Waals surface area contributed by atoms with Gasteiger partial charge in [0, 0.05) is 25.8 Å². The van der Waals surface area contributed by atoms with Crippen molar-refractivity contribution in [1.82, 2.24) is 4.90 Å². The smallest absolute Gasteiger partial charge is 0.324 e. The average molecular weight is 262 g/mol. The summed E-state index contributed by atoms with van der Waals surface area (Å²) in [6.45, 7) is 0.922. The Morgan fingerprint density at radius 1 is 1.32 bits per heavy atom. The molecule has 0 bridgehead atoms. The second-order valence-corrected chi connectivity index (χ2v) is 4.80. The van der Waals surface area contributed by atoms with Crippen molar-refractivity contribution in [3.05, 3.63) is 30.3 Å². The molecule has 1 N–H and O–H groups in total. The van der Waals surface area contributed by atoms with Crippen molar-refractivity contribution in [1.29, 1.82) is 0 Å². The average Bonchev–Trinajstić information content (AvgIpc) is 2.46. The topological polar surface area (TPSA) is 60.9 Å². The van der Waals surface area contributed by atoms with Crippen molar-refractivity contribution in [3.63, 3.8) is 0 Å². The summed E-state index contributed by atoms with van der Waals surface area (Å²) in [7, 11) is 1.71. The fraction of sp³-hybridized carbons (Fsp3) is 0.429. The van der Waals surface area contributed by atoms with E-state index in [-0.39, 0.29) is 6.03 Å². The fourth-order valence-corrected chi connectivity index (χ4v) is 2.33. The van der Waals surface area contributed by atoms with Crippen molar-refractivity contribution < 1.29 is 14.7 Å². The van der Waals surface area contributed by atoms with E-state index in [1.807, 2.05) is 30.3 Å². The highest BCUT2D eigenvalue weighted by molar-refractivity contribution is 5.91. The second kappa shape index (κ2) is 5.73. The Labute approximate surface area is 112 Å². The number of likely N-dealkylation sites (tertiary alicyclic amines) is 1. The van der Waals surface area contributed by atoms with Crippen LogP contribution in [0.4, 0.5) is 10.5 Å². The van der Waals surface area contributed by atoms with Gasteiger partial charge in [0.25, 0.3) is 0 Å². The number of rotatable bonds is 2. The van der Waals surface area contributed by atoms with Crippen LogP contribution in [0.1, 0.15) is 12.8 Å². The lowest BCUT2D eigenvalue weighted by Gasteiger charge is -2.33. The van der Waals surface area contributed by atoms with E-state index in [0.29, 0.717) is 19.5 Å². The molecule has 5 nitrogen and oxygen atoms in total. The maximum absolute atomic E-state index is 12.3. The predicted octanol–water partition coefficient (Wildman–Crippen LogP) is 2.04. The zero-order valence-electron chi connectivity index (χ0n) is 11.0. The zero-order valence-corrected chi connectivity index (χ0v) is 11.0. The number of piperidine rings is 1. The molecule has 2 rings (SSSR count). The van der Waals surface area contributed by atoms with Crippen LogP contribution in [0.2, 0.25) is 0 Å². The minimum Gasteiger partial charge on any atom is -0.481 e. The molecule has 0 aliphatic carbocycles. The van der Waals surface area contributed by atoms with Gasteiger partial charge in [0.2, 0.25) is 0 Å². The Morgan fingerprint density at radius 2 is 2.00 bits per heavy atom. The first-order chi connectivity index (χ1) is 9.09. The molecule has 1 saturated heterocycles. The van der Waals surface area contributed by atoms with Crippen LogP contribution in [0.3, 0.4) is 0 Å². The van der Waals surface area contributed by atoms with Crippen LogP contribution < -0.4 is 4.90 Å². The number of carboxylic acids is 1. The number of carboxylic acid groups (broad SMARTS) is 1. The molecule has 2 amide bonds. The molecule has 19 heavy (non-hydrogen) atoms. The van der Waals surface area contributed by atoms with Gasteiger partial charge in [0.05, 0.1) is 5.92 Å². The van der Waals surface area contributed by atoms with E-state index in [2.05, 4.69) is 0 Å². The molecule has 1 aliphatic rings. The summed E-state index contributed by atoms with van der Waals surface area (Å²) in [5.74, 6) is -1.26. The summed E-state index contributed by atoms with van der Waals surface area (Å²) in [5, 5.41) is 9.04. The molecule has 1 aromatic rings. The number of aliphatic carboxylic acids is 1. The number of hydrogen-bond acceptors (Lipinski definition) is 2. The van der Waals surface area contributed by atoms with E-state index in [1.165, 1.54) is 0 Å². The molecule has 0 spiro atoms. The molecular formula is C14H18N2O3. The first-order valence-corrected chi connectivity index (χ1v) is 6.40. The molecule has 0 radical (unpaired) electrons. The standard InChI is InChI=1S/C14H18N2O3/c1-15(12-7-3-2-4-8-12)14(19)16-9-5-6-11(10-16)13(17)18/h2-4,7-8,11H,5-6,9-10H2,1H3,(H,17,18)/t11-/m0/s1. The van der Waals surface area contributed by atoms with Crippen LogP contribution in [-0.2, 0) is 4.79 Å². The fourth-order valence-electron chi connectivity index (χ4n) is 2.33. The number of carbonyl (C=O) groups excluding carboxylic acids is 1. The number of para-hydroxylation sites is 1. The van der Waals surface area contributed by atoms with E-state index in [0.717, 1.165) is 12.1 Å². The van der Waals surface area contributed by atoms with Crippen LogP contribution in [0.15, 0.2) is 30.3 Å². The van der Waals surface area contributed by atoms with Gasteiger partial charge in [-0.3, -0.25) is 9.69 Å². The molecule has 1 heterocycles. The number of urea groups is 1. The van der Waals surface area contributed by atoms with Crippen LogP contribution >= 0.6 is 0 Å². The number of nitrogens with zero attached hydrogens (tertiary/aromatic N) is 2. The highest BCUT2D eigenvalue weighted by atomic mass is 16.4. The van der Waals surface area contributed by atoms with Gasteiger partial charge >= 0.3 is 12.0 Å². The number of carbonyl (C=O) groups is 2. The highest BCUT2D eigenvalue weighted by Crippen LogP contribution is 2.20. The Morgan fingerprint density at radius 3 is 2.63 bits per heavy atom. The number of anilines is 1. The minimum absolute atomic E-state index is 0.142. The zero-order chi connectivity index (χ0) is 13.8. The van der Waals surface area contributed by atoms with Crippen LogP contribution in [0, 0.1) is 5.92 Å². The van der Waals surface area contributed by atoms with E-state index < -0.39 is 11.9 Å². The summed E-state index contributed by atoms with van der Waals surface area (Å²) in [4.78, 5) is 26.5. The third kappa shape index (κ3) is 3.05. The molecule has 1 fully saturated rings. The molecule has 1 aliphatic heterocycles. The van der Waals surface area contributed by atoms with E-state index >= 15 is 0 Å². The third-order valence-corrected chi connectivity index (χ3v) is 3.47. The number of hydrogen-bond donors (Lipinski definition) is 1. The molecular weight excluding hydrogens is 244 g/mol. The lowest BCUT2D eigenvalue weighted by Crippen LogP contribution is -2.47. The molecule has 102 valence electrons. The van der Waals surface area contributed by atoms with Crippen molar-refractivity contribution in [3.8, 4) is 0 Å². The van der Waals surface area contributed by atoms with Gasteiger partial charge in [0.1, 0.15) is 0 Å². The SMILES string of the molecule is CN(C(=O)N1CCC[C@H](C(=O)O)C1)c1ccccc1. The van der Waals surface area contributed by atoms with Gasteiger partial charge in [-0.05, 0) is 25.0 Å². The van der Waals surface area contributed by atoms with Crippen molar-refractivity contribution in [2.75, 3.05) is 25.0 Å². The normalized spacial score (nSPS) is 19.0. The lowest BCUT2D eigenvalue weighted by molar-refractivity contribution is -0.143. The lowest BCUT2D eigenvalue weighted by atomic mass is 9.99. The van der Waals surface area contributed by atoms with Gasteiger partial charge in [-0.25, -0.2) is 4.79 Å². The molecule has 0 unspecified atom stereocenters. The largest absolute Gasteiger partial charge is 0.481 e. The van der Waals surface area contributed by atoms with Crippen molar-refractivity contribution in [2.24, 2.45) is 5.92 Å². The molecule has 5 heteroatoms. The van der Waals surface area contributed by atoms with Gasteiger partial charge < -0.3 is 10.0 Å². The van der Waals surface area contributed by atoms with Crippen LogP contribution in [0.5, 0.6) is 0 Å². The van der Waals surface area contributed by atoms with Crippen LogP contribution in [0.25, 0.3) is 0 Å². The Kier molecular flexibility index (Phi) is 4.04. The van der Waals surface area contributed by atoms with Crippen molar-refractivity contribution in [2.45, 2.75) is 12.8 Å². The molecule has 0 aromatic heterocycles. The highest BCUT2D eigenvalue weighted by Gasteiger charge is 2.29. The monoisotopic (exact) mass is 262 g/mol. The molecule has 0 saturated carbocycles. The molecule has 1 aromatic carbocycles. The Balaban J connectivity index is 2.05. The first-order valence-electron chi connectivity index (χ1n) is 6.40. The third-order valence-electron chi connectivity index (χ3n) is 3.47.